The van der Waals surface area contributed by atoms with Crippen LogP contribution in [0.1, 0.15) is 28.8 Å². The Morgan fingerprint density at radius 1 is 1.36 bits per heavy atom. The Morgan fingerprint density at radius 2 is 2.14 bits per heavy atom. The van der Waals surface area contributed by atoms with Crippen molar-refractivity contribution >= 4 is 16.6 Å². The smallest absolute Gasteiger partial charge is 0.164 e. The highest BCUT2D eigenvalue weighted by atomic mass is 32.2. The number of Topliss-reactive ketones (excluding diaryl/α,β-unsaturated/α-hetero) is 1. The van der Waals surface area contributed by atoms with Crippen LogP contribution in [-0.2, 0) is 10.8 Å². The Kier molecular flexibility index (Phi) is 2.50. The zero-order valence-corrected chi connectivity index (χ0v) is 8.89. The minimum absolute atomic E-state index is 0.134. The third kappa shape index (κ3) is 1.52. The van der Waals surface area contributed by atoms with E-state index in [2.05, 4.69) is 0 Å². The quantitative estimate of drug-likeness (QED) is 0.654. The number of carbonyl (C=O) groups is 1. The number of rotatable bonds is 0. The number of benzene rings is 1. The molecule has 0 amide bonds. The molecule has 1 aliphatic heterocycles. The molecule has 1 heterocycles. The molecule has 0 saturated heterocycles. The molecule has 3 heteroatoms. The number of aryl methyl sites for hydroxylation is 1. The summed E-state index contributed by atoms with van der Waals surface area (Å²) in [7, 11) is -0.986. The first-order valence-corrected chi connectivity index (χ1v) is 6.03. The van der Waals surface area contributed by atoms with Gasteiger partial charge in [-0.15, -0.1) is 0 Å². The minimum atomic E-state index is -0.986. The van der Waals surface area contributed by atoms with Crippen LogP contribution in [-0.4, -0.2) is 15.7 Å². The minimum Gasteiger partial charge on any atom is -0.294 e. The van der Waals surface area contributed by atoms with Crippen molar-refractivity contribution in [3.05, 3.63) is 29.3 Å². The lowest BCUT2D eigenvalue weighted by atomic mass is 10.0. The molecule has 1 unspecified atom stereocenters. The fourth-order valence-corrected chi connectivity index (χ4v) is 3.24. The van der Waals surface area contributed by atoms with E-state index in [0.717, 1.165) is 16.9 Å². The van der Waals surface area contributed by atoms with Crippen molar-refractivity contribution in [1.29, 1.82) is 0 Å². The number of hydrogen-bond acceptors (Lipinski definition) is 2. The molecule has 2 rings (SSSR count). The van der Waals surface area contributed by atoms with Crippen molar-refractivity contribution in [2.45, 2.75) is 24.7 Å². The molecule has 0 aromatic heterocycles. The SMILES string of the molecule is Cc1cccc2c1S(=O)CCCC2=O. The first-order valence-electron chi connectivity index (χ1n) is 4.71. The van der Waals surface area contributed by atoms with Gasteiger partial charge >= 0.3 is 0 Å². The summed E-state index contributed by atoms with van der Waals surface area (Å²) in [5, 5.41) is 0. The van der Waals surface area contributed by atoms with Crippen molar-refractivity contribution in [2.24, 2.45) is 0 Å². The van der Waals surface area contributed by atoms with E-state index >= 15 is 0 Å². The van der Waals surface area contributed by atoms with Gasteiger partial charge in [-0.3, -0.25) is 9.00 Å². The zero-order chi connectivity index (χ0) is 10.1. The van der Waals surface area contributed by atoms with Gasteiger partial charge in [-0.25, -0.2) is 0 Å². The van der Waals surface area contributed by atoms with Gasteiger partial charge in [0, 0.05) is 17.7 Å². The molecule has 0 radical (unpaired) electrons. The largest absolute Gasteiger partial charge is 0.294 e. The number of carbonyl (C=O) groups excluding carboxylic acids is 1. The summed E-state index contributed by atoms with van der Waals surface area (Å²) in [5.74, 6) is 0.749. The lowest BCUT2D eigenvalue weighted by Crippen LogP contribution is -2.02. The Labute approximate surface area is 85.8 Å². The normalized spacial score (nSPS) is 21.5. The lowest BCUT2D eigenvalue weighted by Gasteiger charge is -2.06. The Bertz CT molecular complexity index is 410. The van der Waals surface area contributed by atoms with E-state index in [1.807, 2.05) is 19.1 Å². The third-order valence-corrected chi connectivity index (χ3v) is 4.13. The standard InChI is InChI=1S/C11H12O2S/c1-8-4-2-5-9-10(12)6-3-7-14(13)11(8)9/h2,4-5H,3,6-7H2,1H3. The molecule has 1 aromatic rings. The third-order valence-electron chi connectivity index (χ3n) is 2.47. The van der Waals surface area contributed by atoms with Gasteiger partial charge in [0.15, 0.2) is 5.78 Å². The molecule has 0 aliphatic carbocycles. The molecular weight excluding hydrogens is 196 g/mol. The van der Waals surface area contributed by atoms with Gasteiger partial charge in [0.2, 0.25) is 0 Å². The van der Waals surface area contributed by atoms with Crippen molar-refractivity contribution in [3.8, 4) is 0 Å². The van der Waals surface area contributed by atoms with Crippen LogP contribution in [0.15, 0.2) is 23.1 Å². The summed E-state index contributed by atoms with van der Waals surface area (Å²) in [4.78, 5) is 12.4. The van der Waals surface area contributed by atoms with Gasteiger partial charge in [-0.1, -0.05) is 18.2 Å². The number of fused-ring (bicyclic) bond motifs is 1. The fourth-order valence-electron chi connectivity index (χ4n) is 1.77. The Morgan fingerprint density at radius 3 is 2.93 bits per heavy atom. The second-order valence-corrected chi connectivity index (χ2v) is 5.04. The van der Waals surface area contributed by atoms with Crippen molar-refractivity contribution in [3.63, 3.8) is 0 Å². The first kappa shape index (κ1) is 9.59. The van der Waals surface area contributed by atoms with Gasteiger partial charge in [0.1, 0.15) is 0 Å². The number of hydrogen-bond donors (Lipinski definition) is 0. The van der Waals surface area contributed by atoms with Gasteiger partial charge < -0.3 is 0 Å². The molecule has 1 atom stereocenters. The van der Waals surface area contributed by atoms with Crippen LogP contribution >= 0.6 is 0 Å². The van der Waals surface area contributed by atoms with Crippen molar-refractivity contribution in [2.75, 3.05) is 5.75 Å². The van der Waals surface area contributed by atoms with Gasteiger partial charge in [0.25, 0.3) is 0 Å². The predicted octanol–water partition coefficient (Wildman–Crippen LogP) is 2.08. The van der Waals surface area contributed by atoms with E-state index in [4.69, 9.17) is 0 Å². The maximum Gasteiger partial charge on any atom is 0.164 e. The molecule has 2 nitrogen and oxygen atoms in total. The molecule has 0 saturated carbocycles. The summed E-state index contributed by atoms with van der Waals surface area (Å²) < 4.78 is 11.8. The molecular formula is C11H12O2S. The van der Waals surface area contributed by atoms with E-state index < -0.39 is 10.8 Å². The second-order valence-electron chi connectivity index (χ2n) is 3.53. The second kappa shape index (κ2) is 3.65. The van der Waals surface area contributed by atoms with E-state index in [0.29, 0.717) is 17.7 Å². The summed E-state index contributed by atoms with van der Waals surface area (Å²) in [6.45, 7) is 1.91. The molecule has 0 N–H and O–H groups in total. The summed E-state index contributed by atoms with van der Waals surface area (Å²) >= 11 is 0. The maximum atomic E-state index is 11.8. The Balaban J connectivity index is 2.65. The van der Waals surface area contributed by atoms with Crippen LogP contribution < -0.4 is 0 Å². The van der Waals surface area contributed by atoms with Crippen LogP contribution in [0.2, 0.25) is 0 Å². The van der Waals surface area contributed by atoms with Crippen molar-refractivity contribution in [1.82, 2.24) is 0 Å². The Hall–Kier alpha value is -0.960. The van der Waals surface area contributed by atoms with E-state index in [9.17, 15) is 9.00 Å². The average Bonchev–Trinajstić information content (AvgIpc) is 2.29. The van der Waals surface area contributed by atoms with E-state index in [-0.39, 0.29) is 5.78 Å². The number of ketones is 1. The zero-order valence-electron chi connectivity index (χ0n) is 8.08. The highest BCUT2D eigenvalue weighted by Crippen LogP contribution is 2.24. The molecule has 0 bridgehead atoms. The molecule has 14 heavy (non-hydrogen) atoms. The topological polar surface area (TPSA) is 34.1 Å². The predicted molar refractivity (Wildman–Crippen MR) is 56.0 cm³/mol. The van der Waals surface area contributed by atoms with Gasteiger partial charge in [-0.2, -0.15) is 0 Å². The summed E-state index contributed by atoms with van der Waals surface area (Å²) in [6, 6.07) is 5.55. The lowest BCUT2D eigenvalue weighted by molar-refractivity contribution is 0.0980. The average molecular weight is 208 g/mol. The summed E-state index contributed by atoms with van der Waals surface area (Å²) in [6.07, 6.45) is 1.27. The van der Waals surface area contributed by atoms with Crippen LogP contribution in [0.3, 0.4) is 0 Å². The summed E-state index contributed by atoms with van der Waals surface area (Å²) in [5.41, 5.74) is 1.64. The van der Waals surface area contributed by atoms with Crippen molar-refractivity contribution < 1.29 is 9.00 Å². The van der Waals surface area contributed by atoms with Crippen LogP contribution in [0.25, 0.3) is 0 Å². The van der Waals surface area contributed by atoms with E-state index in [1.165, 1.54) is 0 Å². The molecule has 0 fully saturated rings. The first-order chi connectivity index (χ1) is 6.70. The fraction of sp³-hybridized carbons (Fsp3) is 0.364. The van der Waals surface area contributed by atoms with E-state index in [1.54, 1.807) is 6.07 Å². The van der Waals surface area contributed by atoms with Crippen LogP contribution in [0.5, 0.6) is 0 Å². The molecule has 0 spiro atoms. The highest BCUT2D eigenvalue weighted by Gasteiger charge is 2.21. The van der Waals surface area contributed by atoms with Crippen LogP contribution in [0, 0.1) is 6.92 Å². The monoisotopic (exact) mass is 208 g/mol. The highest BCUT2D eigenvalue weighted by molar-refractivity contribution is 7.85. The maximum absolute atomic E-state index is 11.8. The van der Waals surface area contributed by atoms with Gasteiger partial charge in [-0.05, 0) is 18.9 Å². The molecule has 1 aliphatic rings. The van der Waals surface area contributed by atoms with Crippen LogP contribution in [0.4, 0.5) is 0 Å². The van der Waals surface area contributed by atoms with Gasteiger partial charge in [0.05, 0.1) is 15.7 Å². The molecule has 74 valence electrons. The molecule has 1 aromatic carbocycles.